The van der Waals surface area contributed by atoms with Gasteiger partial charge in [0.2, 0.25) is 0 Å². The summed E-state index contributed by atoms with van der Waals surface area (Å²) < 4.78 is 24.6. The lowest BCUT2D eigenvalue weighted by Gasteiger charge is -2.20. The highest BCUT2D eigenvalue weighted by molar-refractivity contribution is 7.91. The van der Waals surface area contributed by atoms with Crippen molar-refractivity contribution in [2.75, 3.05) is 11.5 Å². The van der Waals surface area contributed by atoms with Crippen molar-refractivity contribution in [1.29, 1.82) is 0 Å². The number of aliphatic hydroxyl groups excluding tert-OH is 1. The summed E-state index contributed by atoms with van der Waals surface area (Å²) in [7, 11) is -2.80. The number of sulfone groups is 1. The molecule has 0 spiro atoms. The Hall–Kier alpha value is -0.950. The molecule has 0 saturated carbocycles. The van der Waals surface area contributed by atoms with E-state index in [0.717, 1.165) is 43.9 Å². The van der Waals surface area contributed by atoms with Gasteiger partial charge in [0.05, 0.1) is 17.6 Å². The molecule has 0 radical (unpaired) electrons. The lowest BCUT2D eigenvalue weighted by atomic mass is 9.99. The molecule has 0 amide bonds. The van der Waals surface area contributed by atoms with Crippen molar-refractivity contribution >= 4 is 9.84 Å². The standard InChI is InChI=1S/C12H19N3O3S/c16-10-1-4-15-12(8-10)13-11(14-15)7-9-2-5-19(17,18)6-3-9/h9-10,16H,1-8H2. The van der Waals surface area contributed by atoms with E-state index in [1.54, 1.807) is 0 Å². The van der Waals surface area contributed by atoms with Crippen molar-refractivity contribution in [3.63, 3.8) is 0 Å². The van der Waals surface area contributed by atoms with Crippen LogP contribution in [0.4, 0.5) is 0 Å². The van der Waals surface area contributed by atoms with Crippen LogP contribution >= 0.6 is 0 Å². The van der Waals surface area contributed by atoms with Crippen LogP contribution in [0.1, 0.15) is 30.9 Å². The van der Waals surface area contributed by atoms with Gasteiger partial charge in [-0.25, -0.2) is 18.1 Å². The molecule has 0 bridgehead atoms. The van der Waals surface area contributed by atoms with Crippen LogP contribution in [0, 0.1) is 5.92 Å². The van der Waals surface area contributed by atoms with Gasteiger partial charge in [-0.15, -0.1) is 0 Å². The van der Waals surface area contributed by atoms with Gasteiger partial charge in [-0.2, -0.15) is 5.10 Å². The summed E-state index contributed by atoms with van der Waals surface area (Å²) in [5.41, 5.74) is 0. The lowest BCUT2D eigenvalue weighted by Crippen LogP contribution is -2.24. The zero-order chi connectivity index (χ0) is 13.5. The molecule has 6 nitrogen and oxygen atoms in total. The summed E-state index contributed by atoms with van der Waals surface area (Å²) in [6, 6.07) is 0. The van der Waals surface area contributed by atoms with Gasteiger partial charge in [0.25, 0.3) is 0 Å². The van der Waals surface area contributed by atoms with Gasteiger partial charge < -0.3 is 5.11 Å². The van der Waals surface area contributed by atoms with Crippen LogP contribution in [0.15, 0.2) is 0 Å². The summed E-state index contributed by atoms with van der Waals surface area (Å²) in [6.07, 6.45) is 3.20. The molecule has 19 heavy (non-hydrogen) atoms. The molecule has 2 aliphatic heterocycles. The highest BCUT2D eigenvalue weighted by atomic mass is 32.2. The Morgan fingerprint density at radius 3 is 2.74 bits per heavy atom. The predicted octanol–water partition coefficient (Wildman–Crippen LogP) is -0.0475. The molecular formula is C12H19N3O3S. The first kappa shape index (κ1) is 13.1. The van der Waals surface area contributed by atoms with Crippen LogP contribution in [-0.2, 0) is 29.2 Å². The van der Waals surface area contributed by atoms with Crippen LogP contribution in [-0.4, -0.2) is 45.9 Å². The number of fused-ring (bicyclic) bond motifs is 1. The molecule has 3 rings (SSSR count). The normalized spacial score (nSPS) is 27.1. The number of aromatic nitrogens is 3. The van der Waals surface area contributed by atoms with Gasteiger partial charge in [0, 0.05) is 19.4 Å². The smallest absolute Gasteiger partial charge is 0.151 e. The summed E-state index contributed by atoms with van der Waals surface area (Å²) >= 11 is 0. The quantitative estimate of drug-likeness (QED) is 0.823. The Balaban J connectivity index is 1.65. The first-order chi connectivity index (χ1) is 9.02. The largest absolute Gasteiger partial charge is 0.393 e. The summed E-state index contributed by atoms with van der Waals surface area (Å²) in [5, 5.41) is 14.1. The second-order valence-electron chi connectivity index (χ2n) is 5.61. The Labute approximate surface area is 112 Å². The van der Waals surface area contributed by atoms with Gasteiger partial charge in [-0.05, 0) is 25.2 Å². The maximum absolute atomic E-state index is 11.4. The molecule has 0 aromatic carbocycles. The van der Waals surface area contributed by atoms with Crippen molar-refractivity contribution in [1.82, 2.24) is 14.8 Å². The summed E-state index contributed by atoms with van der Waals surface area (Å²) in [5.74, 6) is 2.62. The van der Waals surface area contributed by atoms with Crippen LogP contribution in [0.5, 0.6) is 0 Å². The molecule has 106 valence electrons. The second kappa shape index (κ2) is 4.86. The minimum Gasteiger partial charge on any atom is -0.393 e. The number of aliphatic hydroxyl groups is 1. The molecule has 1 unspecified atom stereocenters. The van der Waals surface area contributed by atoms with E-state index in [4.69, 9.17) is 0 Å². The number of hydrogen-bond donors (Lipinski definition) is 1. The Kier molecular flexibility index (Phi) is 3.34. The fourth-order valence-electron chi connectivity index (χ4n) is 2.83. The minimum atomic E-state index is -2.80. The molecule has 0 aliphatic carbocycles. The van der Waals surface area contributed by atoms with Crippen molar-refractivity contribution in [2.45, 2.75) is 44.8 Å². The van der Waals surface area contributed by atoms with Crippen molar-refractivity contribution in [3.05, 3.63) is 11.6 Å². The van der Waals surface area contributed by atoms with Gasteiger partial charge >= 0.3 is 0 Å². The zero-order valence-corrected chi connectivity index (χ0v) is 11.6. The number of rotatable bonds is 2. The SMILES string of the molecule is O=S1(=O)CCC(Cc2nc3n(n2)CCC(O)C3)CC1. The average Bonchev–Trinajstić information content (AvgIpc) is 2.73. The number of aryl methyl sites for hydroxylation is 1. The van der Waals surface area contributed by atoms with E-state index in [1.807, 2.05) is 4.68 Å². The third-order valence-electron chi connectivity index (χ3n) is 4.03. The van der Waals surface area contributed by atoms with Gasteiger partial charge in [0.1, 0.15) is 15.7 Å². The molecule has 7 heteroatoms. The molecule has 2 aliphatic rings. The average molecular weight is 285 g/mol. The van der Waals surface area contributed by atoms with Crippen molar-refractivity contribution in [3.8, 4) is 0 Å². The Morgan fingerprint density at radius 1 is 1.26 bits per heavy atom. The first-order valence-corrected chi connectivity index (χ1v) is 8.65. The fraction of sp³-hybridized carbons (Fsp3) is 0.833. The molecule has 1 aromatic heterocycles. The van der Waals surface area contributed by atoms with E-state index in [1.165, 1.54) is 0 Å². The summed E-state index contributed by atoms with van der Waals surface area (Å²) in [4.78, 5) is 4.47. The van der Waals surface area contributed by atoms with Crippen molar-refractivity contribution in [2.24, 2.45) is 5.92 Å². The molecular weight excluding hydrogens is 266 g/mol. The molecule has 1 aromatic rings. The number of nitrogens with zero attached hydrogens (tertiary/aromatic N) is 3. The van der Waals surface area contributed by atoms with E-state index >= 15 is 0 Å². The minimum absolute atomic E-state index is 0.296. The third kappa shape index (κ3) is 2.97. The predicted molar refractivity (Wildman–Crippen MR) is 69.4 cm³/mol. The summed E-state index contributed by atoms with van der Waals surface area (Å²) in [6.45, 7) is 0.725. The van der Waals surface area contributed by atoms with E-state index < -0.39 is 9.84 Å². The van der Waals surface area contributed by atoms with Crippen molar-refractivity contribution < 1.29 is 13.5 Å². The van der Waals surface area contributed by atoms with Crippen LogP contribution in [0.2, 0.25) is 0 Å². The Morgan fingerprint density at radius 2 is 2.00 bits per heavy atom. The molecule has 1 atom stereocenters. The van der Waals surface area contributed by atoms with Gasteiger partial charge in [0.15, 0.2) is 5.82 Å². The van der Waals surface area contributed by atoms with Crippen LogP contribution in [0.25, 0.3) is 0 Å². The number of hydrogen-bond acceptors (Lipinski definition) is 5. The highest BCUT2D eigenvalue weighted by Gasteiger charge is 2.26. The second-order valence-corrected chi connectivity index (χ2v) is 7.92. The molecule has 1 fully saturated rings. The van der Waals surface area contributed by atoms with Gasteiger partial charge in [-0.1, -0.05) is 0 Å². The monoisotopic (exact) mass is 285 g/mol. The van der Waals surface area contributed by atoms with E-state index in [-0.39, 0.29) is 6.10 Å². The maximum atomic E-state index is 11.4. The maximum Gasteiger partial charge on any atom is 0.151 e. The highest BCUT2D eigenvalue weighted by Crippen LogP contribution is 2.22. The van der Waals surface area contributed by atoms with E-state index in [0.29, 0.717) is 23.8 Å². The van der Waals surface area contributed by atoms with Crippen LogP contribution < -0.4 is 0 Å². The lowest BCUT2D eigenvalue weighted by molar-refractivity contribution is 0.138. The Bertz CT molecular complexity index is 553. The fourth-order valence-corrected chi connectivity index (χ4v) is 4.42. The van der Waals surface area contributed by atoms with Crippen LogP contribution in [0.3, 0.4) is 0 Å². The zero-order valence-electron chi connectivity index (χ0n) is 10.8. The molecule has 1 N–H and O–H groups in total. The molecule has 3 heterocycles. The van der Waals surface area contributed by atoms with Gasteiger partial charge in [-0.3, -0.25) is 0 Å². The third-order valence-corrected chi connectivity index (χ3v) is 5.75. The van der Waals surface area contributed by atoms with E-state index in [2.05, 4.69) is 10.1 Å². The van der Waals surface area contributed by atoms with E-state index in [9.17, 15) is 13.5 Å². The molecule has 1 saturated heterocycles. The first-order valence-electron chi connectivity index (χ1n) is 6.83. The topological polar surface area (TPSA) is 85.1 Å².